The molecule has 2 aromatic carbocycles. The van der Waals surface area contributed by atoms with Crippen LogP contribution in [0.25, 0.3) is 0 Å². The van der Waals surface area contributed by atoms with Gasteiger partial charge in [-0.2, -0.15) is 0 Å². The second-order valence-corrected chi connectivity index (χ2v) is 9.08. The van der Waals surface area contributed by atoms with Gasteiger partial charge in [-0.05, 0) is 55.2 Å². The maximum atomic E-state index is 11.7. The summed E-state index contributed by atoms with van der Waals surface area (Å²) in [7, 11) is 0. The number of carbonyl (C=O) groups excluding carboxylic acids is 1. The molecule has 0 aliphatic heterocycles. The Morgan fingerprint density at radius 1 is 1.23 bits per heavy atom. The predicted octanol–water partition coefficient (Wildman–Crippen LogP) is 3.74. The molecule has 0 radical (unpaired) electrons. The number of rotatable bonds is 7. The van der Waals surface area contributed by atoms with E-state index in [1.54, 1.807) is 6.07 Å². The first-order valence-corrected chi connectivity index (χ1v) is 11.1. The number of primary amides is 1. The van der Waals surface area contributed by atoms with E-state index < -0.39 is 12.0 Å². The summed E-state index contributed by atoms with van der Waals surface area (Å²) in [6.45, 7) is 2.05. The molecule has 0 bridgehead atoms. The van der Waals surface area contributed by atoms with Crippen LogP contribution in [-0.2, 0) is 12.8 Å². The van der Waals surface area contributed by atoms with Gasteiger partial charge in [0.25, 0.3) is 0 Å². The smallest absolute Gasteiger partial charge is 0.248 e. The summed E-state index contributed by atoms with van der Waals surface area (Å²) in [4.78, 5) is 11.7. The zero-order chi connectivity index (χ0) is 22.0. The third-order valence-corrected chi connectivity index (χ3v) is 6.73. The molecule has 162 valence electrons. The minimum atomic E-state index is -0.565. The number of aryl methyl sites for hydroxylation is 1. The molecule has 0 saturated heterocycles. The fourth-order valence-corrected chi connectivity index (χ4v) is 5.30. The molecule has 31 heavy (non-hydrogen) atoms. The van der Waals surface area contributed by atoms with Crippen LogP contribution in [0, 0.1) is 24.7 Å². The molecule has 4 heteroatoms. The normalized spacial score (nSPS) is 26.1. The SMILES string of the molecule is Cc1cccc(C[C@H](O)C=C[C@@H]2[C@H]3CC(Cc4ccccc4C(N)=O)=C[C@H]3C[C@H]2O)c1. The summed E-state index contributed by atoms with van der Waals surface area (Å²) in [5.74, 6) is 0.327. The molecule has 1 saturated carbocycles. The van der Waals surface area contributed by atoms with Crippen LogP contribution < -0.4 is 5.73 Å². The molecular weight excluding hydrogens is 386 g/mol. The first-order chi connectivity index (χ1) is 14.9. The van der Waals surface area contributed by atoms with Crippen LogP contribution in [-0.4, -0.2) is 28.3 Å². The van der Waals surface area contributed by atoms with Crippen LogP contribution in [0.3, 0.4) is 0 Å². The molecule has 4 nitrogen and oxygen atoms in total. The highest BCUT2D eigenvalue weighted by atomic mass is 16.3. The van der Waals surface area contributed by atoms with Crippen molar-refractivity contribution in [3.63, 3.8) is 0 Å². The van der Waals surface area contributed by atoms with Crippen molar-refractivity contribution in [1.82, 2.24) is 0 Å². The molecule has 1 amide bonds. The minimum absolute atomic E-state index is 0.0392. The lowest BCUT2D eigenvalue weighted by atomic mass is 9.88. The van der Waals surface area contributed by atoms with Crippen molar-refractivity contribution in [2.24, 2.45) is 23.5 Å². The van der Waals surface area contributed by atoms with Gasteiger partial charge in [0, 0.05) is 17.9 Å². The Bertz CT molecular complexity index is 1010. The number of aliphatic hydroxyl groups excluding tert-OH is 2. The summed E-state index contributed by atoms with van der Waals surface area (Å²) in [6, 6.07) is 15.7. The van der Waals surface area contributed by atoms with Crippen LogP contribution in [0.5, 0.6) is 0 Å². The number of aliphatic hydroxyl groups is 2. The fourth-order valence-electron chi connectivity index (χ4n) is 5.30. The van der Waals surface area contributed by atoms with E-state index in [9.17, 15) is 15.0 Å². The molecule has 4 N–H and O–H groups in total. The summed E-state index contributed by atoms with van der Waals surface area (Å²) in [6.07, 6.45) is 8.13. The highest BCUT2D eigenvalue weighted by Gasteiger charge is 2.43. The molecule has 0 heterocycles. The van der Waals surface area contributed by atoms with E-state index in [-0.39, 0.29) is 12.0 Å². The van der Waals surface area contributed by atoms with Gasteiger partial charge in [0.2, 0.25) is 5.91 Å². The van der Waals surface area contributed by atoms with Gasteiger partial charge in [0.15, 0.2) is 0 Å². The maximum absolute atomic E-state index is 11.7. The molecule has 0 unspecified atom stereocenters. The Morgan fingerprint density at radius 3 is 2.81 bits per heavy atom. The van der Waals surface area contributed by atoms with E-state index in [1.807, 2.05) is 55.5 Å². The number of amides is 1. The molecule has 0 aromatic heterocycles. The summed E-state index contributed by atoms with van der Waals surface area (Å²) >= 11 is 0. The first kappa shape index (κ1) is 21.5. The number of carbonyl (C=O) groups is 1. The quantitative estimate of drug-likeness (QED) is 0.600. The van der Waals surface area contributed by atoms with Crippen molar-refractivity contribution in [1.29, 1.82) is 0 Å². The molecule has 4 rings (SSSR count). The van der Waals surface area contributed by atoms with Crippen molar-refractivity contribution < 1.29 is 15.0 Å². The number of hydrogen-bond acceptors (Lipinski definition) is 3. The fraction of sp³-hybridized carbons (Fsp3) is 0.370. The second kappa shape index (κ2) is 9.21. The maximum Gasteiger partial charge on any atom is 0.248 e. The number of fused-ring (bicyclic) bond motifs is 1. The van der Waals surface area contributed by atoms with E-state index in [0.717, 1.165) is 24.0 Å². The number of hydrogen-bond donors (Lipinski definition) is 3. The van der Waals surface area contributed by atoms with Gasteiger partial charge >= 0.3 is 0 Å². The van der Waals surface area contributed by atoms with Crippen molar-refractivity contribution in [3.05, 3.63) is 94.6 Å². The van der Waals surface area contributed by atoms with E-state index in [4.69, 9.17) is 5.73 Å². The van der Waals surface area contributed by atoms with Crippen molar-refractivity contribution in [3.8, 4) is 0 Å². The largest absolute Gasteiger partial charge is 0.392 e. The third-order valence-electron chi connectivity index (χ3n) is 6.73. The second-order valence-electron chi connectivity index (χ2n) is 9.08. The van der Waals surface area contributed by atoms with Gasteiger partial charge < -0.3 is 15.9 Å². The van der Waals surface area contributed by atoms with Gasteiger partial charge in [-0.25, -0.2) is 0 Å². The molecule has 1 fully saturated rings. The Balaban J connectivity index is 1.40. The van der Waals surface area contributed by atoms with E-state index in [2.05, 4.69) is 12.1 Å². The molecule has 2 aliphatic rings. The average Bonchev–Trinajstić information content (AvgIpc) is 3.22. The molecule has 2 aromatic rings. The zero-order valence-corrected chi connectivity index (χ0v) is 17.9. The monoisotopic (exact) mass is 417 g/mol. The average molecular weight is 418 g/mol. The molecule has 2 aliphatic carbocycles. The molecule has 0 spiro atoms. The van der Waals surface area contributed by atoms with Gasteiger partial charge in [-0.1, -0.05) is 71.8 Å². The minimum Gasteiger partial charge on any atom is -0.392 e. The Hall–Kier alpha value is -2.69. The third kappa shape index (κ3) is 4.97. The van der Waals surface area contributed by atoms with Gasteiger partial charge in [-0.15, -0.1) is 0 Å². The number of nitrogens with two attached hydrogens (primary N) is 1. The van der Waals surface area contributed by atoms with Crippen molar-refractivity contribution >= 4 is 5.91 Å². The number of allylic oxidation sites excluding steroid dienone is 2. The number of benzene rings is 2. The van der Waals surface area contributed by atoms with Gasteiger partial charge in [-0.3, -0.25) is 4.79 Å². The summed E-state index contributed by atoms with van der Waals surface area (Å²) < 4.78 is 0. The highest BCUT2D eigenvalue weighted by Crippen LogP contribution is 2.48. The Kier molecular flexibility index (Phi) is 6.40. The van der Waals surface area contributed by atoms with E-state index in [0.29, 0.717) is 30.2 Å². The highest BCUT2D eigenvalue weighted by molar-refractivity contribution is 5.94. The zero-order valence-electron chi connectivity index (χ0n) is 17.9. The lowest BCUT2D eigenvalue weighted by molar-refractivity contribution is 0.0999. The van der Waals surface area contributed by atoms with E-state index in [1.165, 1.54) is 11.1 Å². The molecular formula is C27H31NO3. The van der Waals surface area contributed by atoms with Crippen LogP contribution >= 0.6 is 0 Å². The Labute approximate surface area is 184 Å². The standard InChI is InChI=1S/C27H31NO3/c1-17-5-4-6-18(11-17)14-22(29)9-10-24-25-15-19(13-21(25)16-26(24)30)12-20-7-2-3-8-23(20)27(28)31/h2-11,13,21-22,24-26,29-30H,12,14-16H2,1H3,(H2,28,31)/t21-,22+,24+,25-,26+/m0/s1. The van der Waals surface area contributed by atoms with Crippen molar-refractivity contribution in [2.45, 2.75) is 44.8 Å². The Morgan fingerprint density at radius 2 is 2.03 bits per heavy atom. The van der Waals surface area contributed by atoms with Crippen LogP contribution in [0.1, 0.15) is 39.9 Å². The van der Waals surface area contributed by atoms with Crippen molar-refractivity contribution in [2.75, 3.05) is 0 Å². The van der Waals surface area contributed by atoms with Crippen LogP contribution in [0.15, 0.2) is 72.3 Å². The van der Waals surface area contributed by atoms with E-state index >= 15 is 0 Å². The summed E-state index contributed by atoms with van der Waals surface area (Å²) in [5.41, 5.74) is 10.7. The van der Waals surface area contributed by atoms with Crippen LogP contribution in [0.4, 0.5) is 0 Å². The molecule has 5 atom stereocenters. The summed E-state index contributed by atoms with van der Waals surface area (Å²) in [5, 5.41) is 21.1. The lowest BCUT2D eigenvalue weighted by Gasteiger charge is -2.19. The lowest BCUT2D eigenvalue weighted by Crippen LogP contribution is -2.18. The predicted molar refractivity (Wildman–Crippen MR) is 122 cm³/mol. The van der Waals surface area contributed by atoms with Gasteiger partial charge in [0.1, 0.15) is 0 Å². The van der Waals surface area contributed by atoms with Gasteiger partial charge in [0.05, 0.1) is 12.2 Å². The van der Waals surface area contributed by atoms with Crippen LogP contribution in [0.2, 0.25) is 0 Å². The first-order valence-electron chi connectivity index (χ1n) is 11.1. The topological polar surface area (TPSA) is 83.5 Å².